The molecule has 0 aliphatic carbocycles. The third kappa shape index (κ3) is 5.11. The van der Waals surface area contributed by atoms with Gasteiger partial charge in [-0.05, 0) is 42.5 Å². The third-order valence-corrected chi connectivity index (χ3v) is 4.08. The van der Waals surface area contributed by atoms with Gasteiger partial charge in [-0.1, -0.05) is 54.1 Å². The van der Waals surface area contributed by atoms with Crippen LogP contribution in [0.5, 0.6) is 0 Å². The fourth-order valence-corrected chi connectivity index (χ4v) is 2.73. The van der Waals surface area contributed by atoms with Gasteiger partial charge in [0, 0.05) is 17.1 Å². The number of aryl methyl sites for hydroxylation is 1. The fourth-order valence-electron chi connectivity index (χ4n) is 2.52. The van der Waals surface area contributed by atoms with Gasteiger partial charge in [0.05, 0.1) is 6.10 Å². The van der Waals surface area contributed by atoms with E-state index in [0.29, 0.717) is 17.9 Å². The summed E-state index contributed by atoms with van der Waals surface area (Å²) in [4.78, 5) is 0. The number of rotatable bonds is 7. The minimum atomic E-state index is -0.723. The van der Waals surface area contributed by atoms with Crippen LogP contribution in [0.15, 0.2) is 54.6 Å². The number of halogens is 1. The van der Waals surface area contributed by atoms with Gasteiger partial charge < -0.3 is 16.6 Å². The van der Waals surface area contributed by atoms with Crippen LogP contribution >= 0.6 is 11.6 Å². The van der Waals surface area contributed by atoms with Gasteiger partial charge in [-0.15, -0.1) is 0 Å². The molecule has 0 aliphatic heterocycles. The van der Waals surface area contributed by atoms with E-state index in [1.165, 1.54) is 0 Å². The summed E-state index contributed by atoms with van der Waals surface area (Å²) in [7, 11) is 0. The van der Waals surface area contributed by atoms with Crippen LogP contribution in [0.25, 0.3) is 0 Å². The molecule has 3 nitrogen and oxygen atoms in total. The Morgan fingerprint density at radius 3 is 2.27 bits per heavy atom. The average molecular weight is 319 g/mol. The lowest BCUT2D eigenvalue weighted by atomic mass is 9.94. The Morgan fingerprint density at radius 1 is 0.909 bits per heavy atom. The van der Waals surface area contributed by atoms with Gasteiger partial charge in [-0.25, -0.2) is 0 Å². The molecule has 1 unspecified atom stereocenters. The van der Waals surface area contributed by atoms with Crippen LogP contribution in [0, 0.1) is 0 Å². The monoisotopic (exact) mass is 318 g/mol. The van der Waals surface area contributed by atoms with E-state index >= 15 is 0 Å². The van der Waals surface area contributed by atoms with E-state index in [2.05, 4.69) is 0 Å². The van der Waals surface area contributed by atoms with Crippen LogP contribution in [0.3, 0.4) is 0 Å². The normalized spacial score (nSPS) is 15.3. The summed E-state index contributed by atoms with van der Waals surface area (Å²) in [6, 6.07) is 16.9. The van der Waals surface area contributed by atoms with Crippen LogP contribution in [-0.4, -0.2) is 23.3 Å². The molecule has 0 aromatic heterocycles. The standard InChI is InChI=1S/C18H23ClN2O/c19-15-8-4-7-14(11-15)9-10-16(20)18(22)17(21)12-13-5-2-1-3-6-13/h1-8,11,16-18,22H,9-10,12,20-21H2/t16?,17-,18+/m0/s1. The molecule has 0 fully saturated rings. The van der Waals surface area contributed by atoms with E-state index in [1.54, 1.807) is 0 Å². The first-order valence-corrected chi connectivity index (χ1v) is 7.91. The Bertz CT molecular complexity index is 576. The molecular weight excluding hydrogens is 296 g/mol. The highest BCUT2D eigenvalue weighted by molar-refractivity contribution is 6.30. The number of benzene rings is 2. The van der Waals surface area contributed by atoms with Crippen molar-refractivity contribution in [1.29, 1.82) is 0 Å². The van der Waals surface area contributed by atoms with E-state index in [4.69, 9.17) is 23.1 Å². The van der Waals surface area contributed by atoms with Gasteiger partial charge >= 0.3 is 0 Å². The summed E-state index contributed by atoms with van der Waals surface area (Å²) in [6.45, 7) is 0. The molecular formula is C18H23ClN2O. The molecule has 2 rings (SSSR count). The van der Waals surface area contributed by atoms with E-state index in [1.807, 2.05) is 54.6 Å². The second kappa shape index (κ2) is 8.30. The van der Waals surface area contributed by atoms with Crippen LogP contribution in [0.2, 0.25) is 5.02 Å². The second-order valence-electron chi connectivity index (χ2n) is 5.68. The lowest BCUT2D eigenvalue weighted by molar-refractivity contribution is 0.112. The number of aliphatic hydroxyl groups is 1. The predicted octanol–water partition coefficient (Wildman–Crippen LogP) is 2.53. The van der Waals surface area contributed by atoms with Crippen molar-refractivity contribution in [2.45, 2.75) is 37.5 Å². The fraction of sp³-hybridized carbons (Fsp3) is 0.333. The van der Waals surface area contributed by atoms with Gasteiger partial charge in [0.1, 0.15) is 0 Å². The maximum absolute atomic E-state index is 10.3. The van der Waals surface area contributed by atoms with Crippen LogP contribution in [-0.2, 0) is 12.8 Å². The summed E-state index contributed by atoms with van der Waals surface area (Å²) in [5, 5.41) is 11.0. The molecule has 2 aromatic carbocycles. The molecule has 0 saturated heterocycles. The summed E-state index contributed by atoms with van der Waals surface area (Å²) in [6.07, 6.45) is 1.34. The summed E-state index contributed by atoms with van der Waals surface area (Å²) in [5.41, 5.74) is 14.4. The molecule has 5 N–H and O–H groups in total. The van der Waals surface area contributed by atoms with Crippen LogP contribution < -0.4 is 11.5 Å². The van der Waals surface area contributed by atoms with Gasteiger partial charge in [0.15, 0.2) is 0 Å². The first-order chi connectivity index (χ1) is 10.6. The molecule has 2 aromatic rings. The molecule has 0 spiro atoms. The lowest BCUT2D eigenvalue weighted by Gasteiger charge is -2.25. The predicted molar refractivity (Wildman–Crippen MR) is 91.9 cm³/mol. The highest BCUT2D eigenvalue weighted by Gasteiger charge is 2.22. The molecule has 0 bridgehead atoms. The van der Waals surface area contributed by atoms with Crippen LogP contribution in [0.4, 0.5) is 0 Å². The molecule has 0 heterocycles. The molecule has 0 amide bonds. The SMILES string of the molecule is NC(CCc1cccc(Cl)c1)[C@@H](O)[C@@H](N)Cc1ccccc1. The smallest absolute Gasteiger partial charge is 0.0844 e. The van der Waals surface area contributed by atoms with Crippen molar-refractivity contribution in [3.8, 4) is 0 Å². The number of hydrogen-bond donors (Lipinski definition) is 3. The third-order valence-electron chi connectivity index (χ3n) is 3.85. The van der Waals surface area contributed by atoms with Crippen molar-refractivity contribution in [1.82, 2.24) is 0 Å². The Labute approximate surface area is 136 Å². The summed E-state index contributed by atoms with van der Waals surface area (Å²) in [5.74, 6) is 0. The molecule has 22 heavy (non-hydrogen) atoms. The highest BCUT2D eigenvalue weighted by atomic mass is 35.5. The van der Waals surface area contributed by atoms with Gasteiger partial charge in [0.2, 0.25) is 0 Å². The topological polar surface area (TPSA) is 72.3 Å². The Kier molecular flexibility index (Phi) is 6.40. The van der Waals surface area contributed by atoms with Gasteiger partial charge in [0.25, 0.3) is 0 Å². The van der Waals surface area contributed by atoms with Crippen molar-refractivity contribution in [3.63, 3.8) is 0 Å². The molecule has 0 aliphatic rings. The molecule has 0 radical (unpaired) electrons. The van der Waals surface area contributed by atoms with E-state index in [9.17, 15) is 5.11 Å². The highest BCUT2D eigenvalue weighted by Crippen LogP contribution is 2.14. The largest absolute Gasteiger partial charge is 0.390 e. The Hall–Kier alpha value is -1.39. The Morgan fingerprint density at radius 2 is 1.59 bits per heavy atom. The molecule has 0 saturated carbocycles. The second-order valence-corrected chi connectivity index (χ2v) is 6.11. The summed E-state index contributed by atoms with van der Waals surface area (Å²) < 4.78 is 0. The van der Waals surface area contributed by atoms with Crippen molar-refractivity contribution in [2.75, 3.05) is 0 Å². The van der Waals surface area contributed by atoms with Crippen molar-refractivity contribution >= 4 is 11.6 Å². The molecule has 3 atom stereocenters. The van der Waals surface area contributed by atoms with E-state index < -0.39 is 6.10 Å². The van der Waals surface area contributed by atoms with Gasteiger partial charge in [-0.3, -0.25) is 0 Å². The lowest BCUT2D eigenvalue weighted by Crippen LogP contribution is -2.48. The van der Waals surface area contributed by atoms with Gasteiger partial charge in [-0.2, -0.15) is 0 Å². The maximum Gasteiger partial charge on any atom is 0.0844 e. The summed E-state index contributed by atoms with van der Waals surface area (Å²) >= 11 is 5.96. The first kappa shape index (κ1) is 17.0. The number of aliphatic hydroxyl groups excluding tert-OH is 1. The minimum absolute atomic E-state index is 0.349. The zero-order valence-electron chi connectivity index (χ0n) is 12.5. The van der Waals surface area contributed by atoms with E-state index in [-0.39, 0.29) is 12.1 Å². The minimum Gasteiger partial charge on any atom is -0.390 e. The molecule has 118 valence electrons. The maximum atomic E-state index is 10.3. The van der Waals surface area contributed by atoms with E-state index in [0.717, 1.165) is 17.5 Å². The van der Waals surface area contributed by atoms with Crippen molar-refractivity contribution in [2.24, 2.45) is 11.5 Å². The average Bonchev–Trinajstić information content (AvgIpc) is 2.53. The zero-order chi connectivity index (χ0) is 15.9. The molecule has 4 heteroatoms. The number of hydrogen-bond acceptors (Lipinski definition) is 3. The van der Waals surface area contributed by atoms with Crippen molar-refractivity contribution < 1.29 is 5.11 Å². The quantitative estimate of drug-likeness (QED) is 0.734. The van der Waals surface area contributed by atoms with Crippen molar-refractivity contribution in [3.05, 3.63) is 70.7 Å². The Balaban J connectivity index is 1.84. The zero-order valence-corrected chi connectivity index (χ0v) is 13.3. The van der Waals surface area contributed by atoms with Crippen LogP contribution in [0.1, 0.15) is 17.5 Å². The number of nitrogens with two attached hydrogens (primary N) is 2. The first-order valence-electron chi connectivity index (χ1n) is 7.54.